The zero-order valence-corrected chi connectivity index (χ0v) is 21.9. The molecule has 7 nitrogen and oxygen atoms in total. The minimum Gasteiger partial charge on any atom is -0.461 e. The van der Waals surface area contributed by atoms with Crippen LogP contribution >= 0.6 is 22.6 Å². The molecule has 1 N–H and O–H groups in total. The number of hydrogen-bond donors (Lipinski definition) is 1. The van der Waals surface area contributed by atoms with E-state index in [1.165, 1.54) is 11.0 Å². The van der Waals surface area contributed by atoms with E-state index in [9.17, 15) is 14.0 Å². The predicted octanol–water partition coefficient (Wildman–Crippen LogP) is 5.32. The Morgan fingerprint density at radius 2 is 2.11 bits per heavy atom. The van der Waals surface area contributed by atoms with Gasteiger partial charge in [-0.2, -0.15) is 0 Å². The number of aromatic nitrogens is 2. The van der Waals surface area contributed by atoms with Gasteiger partial charge in [0, 0.05) is 47.6 Å². The maximum absolute atomic E-state index is 14.8. The number of rotatable bonds is 7. The number of hydrogen-bond acceptors (Lipinski definition) is 5. The van der Waals surface area contributed by atoms with E-state index in [2.05, 4.69) is 32.9 Å². The van der Waals surface area contributed by atoms with Crippen molar-refractivity contribution < 1.29 is 18.7 Å². The van der Waals surface area contributed by atoms with E-state index >= 15 is 0 Å². The Morgan fingerprint density at radius 1 is 1.31 bits per heavy atom. The molecule has 2 aromatic heterocycles. The molecule has 35 heavy (non-hydrogen) atoms. The van der Waals surface area contributed by atoms with Gasteiger partial charge in [0.05, 0.1) is 23.9 Å². The van der Waals surface area contributed by atoms with E-state index in [0.29, 0.717) is 29.6 Å². The maximum atomic E-state index is 14.8. The van der Waals surface area contributed by atoms with Crippen molar-refractivity contribution in [2.24, 2.45) is 0 Å². The van der Waals surface area contributed by atoms with Crippen LogP contribution in [-0.4, -0.2) is 53.1 Å². The van der Waals surface area contributed by atoms with Crippen molar-refractivity contribution >= 4 is 51.1 Å². The van der Waals surface area contributed by atoms with Crippen molar-refractivity contribution in [3.8, 4) is 0 Å². The highest BCUT2D eigenvalue weighted by Gasteiger charge is 2.28. The first-order valence-electron chi connectivity index (χ1n) is 11.2. The van der Waals surface area contributed by atoms with Crippen molar-refractivity contribution in [2.45, 2.75) is 25.9 Å². The molecule has 0 spiro atoms. The fraction of sp³-hybridized carbons (Fsp3) is 0.269. The number of amides is 1. The van der Waals surface area contributed by atoms with E-state index < -0.39 is 12.0 Å². The zero-order chi connectivity index (χ0) is 25.1. The number of fused-ring (bicyclic) bond motifs is 1. The summed E-state index contributed by atoms with van der Waals surface area (Å²) in [7, 11) is 3.40. The summed E-state index contributed by atoms with van der Waals surface area (Å²) >= 11 is 2.08. The molecule has 1 aliphatic carbocycles. The number of nitrogens with one attached hydrogen (secondary N) is 1. The lowest BCUT2D eigenvalue weighted by Crippen LogP contribution is -2.24. The minimum absolute atomic E-state index is 0.108. The highest BCUT2D eigenvalue weighted by atomic mass is 127. The molecule has 0 bridgehead atoms. The Labute approximate surface area is 216 Å². The first-order chi connectivity index (χ1) is 16.8. The molecular weight excluding hydrogens is 562 g/mol. The second kappa shape index (κ2) is 10.6. The predicted molar refractivity (Wildman–Crippen MR) is 143 cm³/mol. The van der Waals surface area contributed by atoms with Gasteiger partial charge in [0.1, 0.15) is 5.83 Å². The Bertz CT molecular complexity index is 1350. The highest BCUT2D eigenvalue weighted by molar-refractivity contribution is 14.1. The van der Waals surface area contributed by atoms with Crippen molar-refractivity contribution in [2.75, 3.05) is 26.0 Å². The molecule has 1 aromatic carbocycles. The molecule has 0 aliphatic heterocycles. The number of carbonyl (C=O) groups is 2. The quantitative estimate of drug-likeness (QED) is 0.299. The molecule has 3 aromatic rings. The van der Waals surface area contributed by atoms with Crippen LogP contribution in [0.2, 0.25) is 0 Å². The molecule has 182 valence electrons. The highest BCUT2D eigenvalue weighted by Crippen LogP contribution is 2.35. The monoisotopic (exact) mass is 588 g/mol. The van der Waals surface area contributed by atoms with Gasteiger partial charge in [-0.05, 0) is 65.8 Å². The number of ether oxygens (including phenoxy) is 1. The number of carbonyl (C=O) groups excluding carboxylic acids is 2. The summed E-state index contributed by atoms with van der Waals surface area (Å²) in [5, 5.41) is 3.93. The fourth-order valence-electron chi connectivity index (χ4n) is 4.10. The number of esters is 1. The number of nitrogens with zero attached hydrogens (tertiary/aromatic N) is 3. The standard InChI is InChI=1S/C26H26FIN4O3/c1-4-35-26(34)24-23(30-21-9-8-18(28)13-20(21)27)19-14-29-11-10-22(19)32(24)15-16-6-5-7-17(12-16)25(33)31(2)3/h5-8,10-14,21,30H,4,9,15H2,1-3H3. The van der Waals surface area contributed by atoms with E-state index in [1.54, 1.807) is 39.5 Å². The summed E-state index contributed by atoms with van der Waals surface area (Å²) in [6, 6.07) is 8.50. The van der Waals surface area contributed by atoms with Gasteiger partial charge >= 0.3 is 5.97 Å². The largest absolute Gasteiger partial charge is 0.461 e. The fourth-order valence-corrected chi connectivity index (χ4v) is 4.65. The molecule has 9 heteroatoms. The summed E-state index contributed by atoms with van der Waals surface area (Å²) < 4.78 is 22.9. The average molecular weight is 588 g/mol. The number of anilines is 1. The first kappa shape index (κ1) is 24.9. The van der Waals surface area contributed by atoms with Crippen LogP contribution in [0.1, 0.15) is 39.8 Å². The number of benzene rings is 1. The number of allylic oxidation sites excluding steroid dienone is 2. The third kappa shape index (κ3) is 5.24. The van der Waals surface area contributed by atoms with Crippen LogP contribution in [-0.2, 0) is 11.3 Å². The first-order valence-corrected chi connectivity index (χ1v) is 12.3. The van der Waals surface area contributed by atoms with Crippen LogP contribution in [0.4, 0.5) is 10.1 Å². The molecule has 2 heterocycles. The van der Waals surface area contributed by atoms with Crippen LogP contribution in [0.3, 0.4) is 0 Å². The topological polar surface area (TPSA) is 76.5 Å². The van der Waals surface area contributed by atoms with Crippen molar-refractivity contribution in [1.29, 1.82) is 0 Å². The van der Waals surface area contributed by atoms with Gasteiger partial charge in [-0.3, -0.25) is 9.78 Å². The SMILES string of the molecule is CCOC(=O)c1c(NC2CC=C(I)C=C2F)c2cnccc2n1Cc1cccc(C(=O)N(C)C)c1. The molecule has 0 saturated carbocycles. The van der Waals surface area contributed by atoms with E-state index in [4.69, 9.17) is 4.74 Å². The molecular formula is C26H26FIN4O3. The zero-order valence-electron chi connectivity index (χ0n) is 19.7. The van der Waals surface area contributed by atoms with Gasteiger partial charge in [0.25, 0.3) is 5.91 Å². The molecule has 4 rings (SSSR count). The van der Waals surface area contributed by atoms with Crippen LogP contribution < -0.4 is 5.32 Å². The van der Waals surface area contributed by atoms with Crippen molar-refractivity contribution in [3.05, 3.63) is 81.1 Å². The Hall–Kier alpha value is -3.21. The molecule has 0 fully saturated rings. The lowest BCUT2D eigenvalue weighted by molar-refractivity contribution is 0.0516. The van der Waals surface area contributed by atoms with E-state index in [0.717, 1.165) is 14.7 Å². The lowest BCUT2D eigenvalue weighted by Gasteiger charge is -2.21. The smallest absolute Gasteiger partial charge is 0.357 e. The Balaban J connectivity index is 1.82. The van der Waals surface area contributed by atoms with E-state index in [-0.39, 0.29) is 24.0 Å². The number of pyridine rings is 1. The third-order valence-corrected chi connectivity index (χ3v) is 6.48. The normalized spacial score (nSPS) is 15.4. The van der Waals surface area contributed by atoms with Gasteiger partial charge in [-0.1, -0.05) is 18.2 Å². The maximum Gasteiger partial charge on any atom is 0.357 e. The lowest BCUT2D eigenvalue weighted by atomic mass is 10.1. The second-order valence-electron chi connectivity index (χ2n) is 8.37. The van der Waals surface area contributed by atoms with E-state index in [1.807, 2.05) is 34.9 Å². The summed E-state index contributed by atoms with van der Waals surface area (Å²) in [6.45, 7) is 2.25. The van der Waals surface area contributed by atoms with Crippen LogP contribution in [0.15, 0.2) is 64.3 Å². The van der Waals surface area contributed by atoms with Crippen molar-refractivity contribution in [1.82, 2.24) is 14.5 Å². The summed E-state index contributed by atoms with van der Waals surface area (Å²) in [5.41, 5.74) is 2.91. The van der Waals surface area contributed by atoms with Crippen molar-refractivity contribution in [3.63, 3.8) is 0 Å². The molecule has 1 amide bonds. The molecule has 1 atom stereocenters. The summed E-state index contributed by atoms with van der Waals surface area (Å²) in [6.07, 6.45) is 7.18. The number of halogens is 2. The minimum atomic E-state index is -0.609. The third-order valence-electron chi connectivity index (χ3n) is 5.73. The average Bonchev–Trinajstić information content (AvgIpc) is 3.13. The second-order valence-corrected chi connectivity index (χ2v) is 9.62. The molecule has 1 aliphatic rings. The van der Waals surface area contributed by atoms with Crippen LogP contribution in [0.25, 0.3) is 10.9 Å². The van der Waals surface area contributed by atoms with Gasteiger partial charge in [-0.25, -0.2) is 9.18 Å². The molecule has 0 radical (unpaired) electrons. The van der Waals surface area contributed by atoms with Gasteiger partial charge in [0.2, 0.25) is 0 Å². The molecule has 1 unspecified atom stereocenters. The van der Waals surface area contributed by atoms with Gasteiger partial charge < -0.3 is 19.5 Å². The Kier molecular flexibility index (Phi) is 7.54. The van der Waals surface area contributed by atoms with Gasteiger partial charge in [-0.15, -0.1) is 0 Å². The van der Waals surface area contributed by atoms with Crippen LogP contribution in [0, 0.1) is 0 Å². The van der Waals surface area contributed by atoms with Crippen LogP contribution in [0.5, 0.6) is 0 Å². The van der Waals surface area contributed by atoms with Gasteiger partial charge in [0.15, 0.2) is 5.69 Å². The Morgan fingerprint density at radius 3 is 2.83 bits per heavy atom. The molecule has 0 saturated heterocycles. The summed E-state index contributed by atoms with van der Waals surface area (Å²) in [4.78, 5) is 31.4. The summed E-state index contributed by atoms with van der Waals surface area (Å²) in [5.74, 6) is -0.924.